The monoisotopic (exact) mass is 594 g/mol. The zero-order chi connectivity index (χ0) is 21.4. The first-order chi connectivity index (χ1) is 15.1. The summed E-state index contributed by atoms with van der Waals surface area (Å²) in [6, 6.07) is 36.3. The van der Waals surface area contributed by atoms with Gasteiger partial charge in [-0.1, -0.05) is 52.8 Å². The third kappa shape index (κ3) is 3.67. The zero-order valence-electron chi connectivity index (χ0n) is 18.3. The minimum Gasteiger partial charge on any atom is -0.305 e. The van der Waals surface area contributed by atoms with Crippen LogP contribution in [0.2, 0.25) is 0 Å². The van der Waals surface area contributed by atoms with Crippen molar-refractivity contribution in [3.63, 3.8) is 0 Å². The molecule has 32 heavy (non-hydrogen) atoms. The van der Waals surface area contributed by atoms with Gasteiger partial charge < -0.3 is 4.98 Å². The van der Waals surface area contributed by atoms with E-state index in [0.29, 0.717) is 0 Å². The van der Waals surface area contributed by atoms with Gasteiger partial charge in [0.05, 0.1) is 0 Å². The predicted molar refractivity (Wildman–Crippen MR) is 125 cm³/mol. The first kappa shape index (κ1) is 22.0. The summed E-state index contributed by atoms with van der Waals surface area (Å²) < 4.78 is 4.20. The number of rotatable bonds is 1. The Morgan fingerprint density at radius 1 is 0.844 bits per heavy atom. The van der Waals surface area contributed by atoms with Crippen LogP contribution in [0.25, 0.3) is 11.3 Å². The first-order valence-electron chi connectivity index (χ1n) is 10.4. The van der Waals surface area contributed by atoms with E-state index in [1.165, 1.54) is 22.5 Å². The van der Waals surface area contributed by atoms with E-state index >= 15 is 0 Å². The standard InChI is InChI=1S/C17H15N2.C11H8N.Ir/c1-17(2)12-7-4-5-9-14(12)19-11-18(3)15-10-6-8-13(17)16(15)19;1-2-6-10(7-3-1)11-8-4-5-9-12-11;/h4-8,10H,1-3H3;1-6,8-9H;/q+1;-1;. The molecule has 3 aromatic carbocycles. The molecule has 1 aromatic heterocycles. The third-order valence-corrected chi connectivity index (χ3v) is 5.90. The Morgan fingerprint density at radius 3 is 2.38 bits per heavy atom. The van der Waals surface area contributed by atoms with Crippen LogP contribution in [0.3, 0.4) is 0 Å². The maximum absolute atomic E-state index is 4.22. The summed E-state index contributed by atoms with van der Waals surface area (Å²) in [6.07, 6.45) is 1.79. The van der Waals surface area contributed by atoms with Crippen LogP contribution >= 0.6 is 0 Å². The summed E-state index contributed by atoms with van der Waals surface area (Å²) in [5.74, 6) is 0. The van der Waals surface area contributed by atoms with Crippen LogP contribution in [0.5, 0.6) is 0 Å². The van der Waals surface area contributed by atoms with E-state index in [1.807, 2.05) is 55.6 Å². The van der Waals surface area contributed by atoms with Gasteiger partial charge in [-0.2, -0.15) is 18.2 Å². The van der Waals surface area contributed by atoms with Crippen LogP contribution in [0, 0.1) is 12.1 Å². The summed E-state index contributed by atoms with van der Waals surface area (Å²) in [5.41, 5.74) is 8.27. The van der Waals surface area contributed by atoms with Crippen LogP contribution < -0.4 is 4.58 Å². The Labute approximate surface area is 202 Å². The number of hydrogen-bond donors (Lipinski definition) is 0. The second kappa shape index (κ2) is 8.76. The van der Waals surface area contributed by atoms with Crippen LogP contribution in [0.15, 0.2) is 85.1 Å². The van der Waals surface area contributed by atoms with Crippen molar-refractivity contribution < 1.29 is 24.7 Å². The predicted octanol–water partition coefficient (Wildman–Crippen LogP) is 5.97. The van der Waals surface area contributed by atoms with Crippen LogP contribution in [0.1, 0.15) is 25.0 Å². The molecule has 2 aliphatic rings. The van der Waals surface area contributed by atoms with E-state index in [4.69, 9.17) is 0 Å². The molecule has 0 amide bonds. The van der Waals surface area contributed by atoms with Crippen molar-refractivity contribution in [3.8, 4) is 11.3 Å². The molecule has 0 saturated carbocycles. The van der Waals surface area contributed by atoms with Gasteiger partial charge in [-0.05, 0) is 17.2 Å². The van der Waals surface area contributed by atoms with Gasteiger partial charge in [0.15, 0.2) is 7.05 Å². The molecule has 1 radical (unpaired) electrons. The number of aromatic nitrogens is 1. The first-order valence-corrected chi connectivity index (χ1v) is 10.4. The van der Waals surface area contributed by atoms with Crippen molar-refractivity contribution in [3.05, 3.63) is 108 Å². The fraction of sp³-hybridized carbons (Fsp3) is 0.143. The molecule has 0 atom stereocenters. The van der Waals surface area contributed by atoms with Gasteiger partial charge in [0.2, 0.25) is 0 Å². The molecule has 3 heterocycles. The van der Waals surface area contributed by atoms with Crippen molar-refractivity contribution in [2.24, 2.45) is 0 Å². The Hall–Kier alpha value is -3.16. The Bertz CT molecular complexity index is 1300. The molecule has 0 bridgehead atoms. The van der Waals surface area contributed by atoms with Crippen LogP contribution in [-0.2, 0) is 25.5 Å². The van der Waals surface area contributed by atoms with E-state index in [-0.39, 0.29) is 25.5 Å². The van der Waals surface area contributed by atoms with Gasteiger partial charge in [-0.25, -0.2) is 0 Å². The van der Waals surface area contributed by atoms with E-state index in [0.717, 1.165) is 16.9 Å². The topological polar surface area (TPSA) is 18.9 Å². The van der Waals surface area contributed by atoms with Gasteiger partial charge in [0.1, 0.15) is 5.69 Å². The molecule has 0 spiro atoms. The quantitative estimate of drug-likeness (QED) is 0.197. The molecule has 3 nitrogen and oxygen atoms in total. The second-order valence-electron chi connectivity index (χ2n) is 8.22. The molecular weight excluding hydrogens is 571 g/mol. The van der Waals surface area contributed by atoms with Crippen LogP contribution in [0.4, 0.5) is 17.1 Å². The van der Waals surface area contributed by atoms with Gasteiger partial charge in [0.25, 0.3) is 11.4 Å². The van der Waals surface area contributed by atoms with Crippen LogP contribution in [-0.4, -0.2) is 22.6 Å². The van der Waals surface area contributed by atoms with E-state index in [2.05, 4.69) is 76.5 Å². The zero-order valence-corrected chi connectivity index (χ0v) is 20.7. The molecule has 0 N–H and O–H groups in total. The van der Waals surface area contributed by atoms with Crippen molar-refractivity contribution in [1.29, 1.82) is 0 Å². The van der Waals surface area contributed by atoms with E-state index < -0.39 is 0 Å². The van der Waals surface area contributed by atoms with E-state index in [1.54, 1.807) is 6.20 Å². The number of benzene rings is 3. The number of nitrogens with zero attached hydrogens (tertiary/aromatic N) is 3. The molecular formula is C28H23IrN3. The number of fused-ring (bicyclic) bond motifs is 2. The third-order valence-electron chi connectivity index (χ3n) is 5.90. The largest absolute Gasteiger partial charge is 0.494 e. The van der Waals surface area contributed by atoms with Crippen molar-refractivity contribution in [2.45, 2.75) is 19.3 Å². The summed E-state index contributed by atoms with van der Waals surface area (Å²) in [7, 11) is 2.05. The molecule has 0 fully saturated rings. The number of hydrogen-bond acceptors (Lipinski definition) is 1. The molecule has 4 heteroatoms. The average molecular weight is 594 g/mol. The summed E-state index contributed by atoms with van der Waals surface area (Å²) in [6.45, 7) is 4.57. The minimum absolute atomic E-state index is 0. The van der Waals surface area contributed by atoms with Gasteiger partial charge in [0, 0.05) is 37.9 Å². The fourth-order valence-corrected chi connectivity index (χ4v) is 4.29. The molecule has 0 aliphatic carbocycles. The normalized spacial score (nSPS) is 14.0. The maximum Gasteiger partial charge on any atom is 0.494 e. The Kier molecular flexibility index (Phi) is 6.04. The number of para-hydroxylation sites is 2. The SMILES string of the molecule is C[N+]1=C=[N+]2c3[c-]cccc3C(C)(C)c3cccc1c32.[Ir].[c-]1ccccc1-c1ccccn1. The molecule has 2 aliphatic heterocycles. The van der Waals surface area contributed by atoms with Crippen molar-refractivity contribution in [2.75, 3.05) is 7.05 Å². The minimum atomic E-state index is 0. The van der Waals surface area contributed by atoms with E-state index in [9.17, 15) is 0 Å². The van der Waals surface area contributed by atoms with Gasteiger partial charge in [-0.3, -0.25) is 0 Å². The Morgan fingerprint density at radius 2 is 1.62 bits per heavy atom. The molecule has 159 valence electrons. The van der Waals surface area contributed by atoms with Crippen molar-refractivity contribution >= 4 is 23.1 Å². The van der Waals surface area contributed by atoms with Crippen molar-refractivity contribution in [1.82, 2.24) is 9.56 Å². The molecule has 0 unspecified atom stereocenters. The average Bonchev–Trinajstić information content (AvgIpc) is 3.17. The number of pyridine rings is 1. The molecule has 4 aromatic rings. The van der Waals surface area contributed by atoms with Gasteiger partial charge in [-0.15, -0.1) is 42.0 Å². The second-order valence-corrected chi connectivity index (χ2v) is 8.22. The molecule has 0 saturated heterocycles. The summed E-state index contributed by atoms with van der Waals surface area (Å²) in [5, 5.41) is 0. The fourth-order valence-electron chi connectivity index (χ4n) is 4.29. The van der Waals surface area contributed by atoms with Gasteiger partial charge >= 0.3 is 6.01 Å². The summed E-state index contributed by atoms with van der Waals surface area (Å²) in [4.78, 5) is 4.22. The Balaban J connectivity index is 0.000000164. The maximum atomic E-state index is 4.22. The molecule has 6 rings (SSSR count). The summed E-state index contributed by atoms with van der Waals surface area (Å²) >= 11 is 0. The smallest absolute Gasteiger partial charge is 0.305 e.